The van der Waals surface area contributed by atoms with Gasteiger partial charge in [0.2, 0.25) is 0 Å². The molecule has 132 valence electrons. The van der Waals surface area contributed by atoms with Gasteiger partial charge >= 0.3 is 13.9 Å². The van der Waals surface area contributed by atoms with Crippen molar-refractivity contribution < 1.29 is 38.2 Å². The van der Waals surface area contributed by atoms with Gasteiger partial charge < -0.3 is 30.5 Å². The number of nitrogens with two attached hydrogens (primary N) is 1. The number of nitrogens with zero attached hydrogens (tertiary/aromatic N) is 4. The van der Waals surface area contributed by atoms with Crippen molar-refractivity contribution in [2.75, 3.05) is 12.3 Å². The Morgan fingerprint density at radius 2 is 2.08 bits per heavy atom. The smallest absolute Gasteiger partial charge is 0.387 e. The van der Waals surface area contributed by atoms with Crippen LogP contribution in [0.4, 0.5) is 10.2 Å². The second-order valence-corrected chi connectivity index (χ2v) is 6.27. The van der Waals surface area contributed by atoms with Crippen molar-refractivity contribution in [2.45, 2.75) is 24.5 Å². The number of aliphatic hydroxyl groups excluding tert-OH is 2. The normalized spacial score (nSPS) is 27.9. The highest BCUT2D eigenvalue weighted by atomic mass is 31.2. The molecule has 4 atom stereocenters. The second kappa shape index (κ2) is 5.97. The lowest BCUT2D eigenvalue weighted by atomic mass is 10.1. The highest BCUT2D eigenvalue weighted by Gasteiger charge is 2.45. The number of anilines is 1. The third-order valence-corrected chi connectivity index (χ3v) is 3.92. The van der Waals surface area contributed by atoms with Gasteiger partial charge in [0.1, 0.15) is 18.3 Å². The Kier molecular flexibility index (Phi) is 4.25. The van der Waals surface area contributed by atoms with Gasteiger partial charge in [0, 0.05) is 0 Å². The molecule has 0 aliphatic carbocycles. The molecule has 6 N–H and O–H groups in total. The predicted octanol–water partition coefficient (Wildman–Crippen LogP) is -1.72. The van der Waals surface area contributed by atoms with Crippen molar-refractivity contribution in [3.8, 4) is 0 Å². The molecule has 2 aromatic rings. The van der Waals surface area contributed by atoms with E-state index in [0.29, 0.717) is 0 Å². The van der Waals surface area contributed by atoms with Crippen LogP contribution < -0.4 is 5.73 Å². The van der Waals surface area contributed by atoms with E-state index < -0.39 is 45.0 Å². The predicted molar refractivity (Wildman–Crippen MR) is 73.6 cm³/mol. The van der Waals surface area contributed by atoms with Gasteiger partial charge in [-0.15, -0.1) is 0 Å². The molecule has 14 heteroatoms. The average Bonchev–Trinajstić information content (AvgIpc) is 3.00. The van der Waals surface area contributed by atoms with E-state index in [4.69, 9.17) is 20.3 Å². The van der Waals surface area contributed by atoms with Gasteiger partial charge in [-0.05, 0) is 0 Å². The molecule has 3 rings (SSSR count). The number of phosphoric acid groups is 1. The Hall–Kier alpha value is -1.73. The van der Waals surface area contributed by atoms with E-state index in [-0.39, 0.29) is 17.0 Å². The molecule has 0 amide bonds. The number of halogens is 1. The number of nitrogen functional groups attached to an aromatic ring is 1. The summed E-state index contributed by atoms with van der Waals surface area (Å²) in [5.74, 6) is -0.217. The summed E-state index contributed by atoms with van der Waals surface area (Å²) in [6.07, 6.45) is -5.46. The number of rotatable bonds is 4. The van der Waals surface area contributed by atoms with E-state index in [9.17, 15) is 19.2 Å². The van der Waals surface area contributed by atoms with Crippen LogP contribution in [0.2, 0.25) is 0 Å². The Labute approximate surface area is 132 Å². The van der Waals surface area contributed by atoms with E-state index >= 15 is 0 Å². The molecule has 1 saturated heterocycles. The Morgan fingerprint density at radius 1 is 1.38 bits per heavy atom. The number of aromatic nitrogens is 4. The maximum Gasteiger partial charge on any atom is 0.469 e. The molecular weight excluding hydrogens is 352 g/mol. The van der Waals surface area contributed by atoms with E-state index in [1.54, 1.807) is 0 Å². The summed E-state index contributed by atoms with van der Waals surface area (Å²) in [6.45, 7) is -0.670. The number of hydrogen-bond acceptors (Lipinski definition) is 9. The third kappa shape index (κ3) is 3.10. The molecule has 0 spiro atoms. The van der Waals surface area contributed by atoms with Crippen LogP contribution in [-0.2, 0) is 13.8 Å². The fourth-order valence-corrected chi connectivity index (χ4v) is 2.71. The molecule has 24 heavy (non-hydrogen) atoms. The first-order valence-electron chi connectivity index (χ1n) is 6.54. The van der Waals surface area contributed by atoms with E-state index in [0.717, 1.165) is 10.9 Å². The summed E-state index contributed by atoms with van der Waals surface area (Å²) in [6, 6.07) is 0. The Bertz CT molecular complexity index is 812. The van der Waals surface area contributed by atoms with Crippen LogP contribution in [0.5, 0.6) is 0 Å². The molecule has 0 saturated carbocycles. The maximum absolute atomic E-state index is 13.3. The van der Waals surface area contributed by atoms with Gasteiger partial charge in [-0.25, -0.2) is 9.55 Å². The van der Waals surface area contributed by atoms with Gasteiger partial charge in [0.15, 0.2) is 23.2 Å². The average molecular weight is 365 g/mol. The van der Waals surface area contributed by atoms with Gasteiger partial charge in [-0.3, -0.25) is 9.09 Å². The van der Waals surface area contributed by atoms with E-state index in [2.05, 4.69) is 19.5 Å². The number of ether oxygens (including phenoxy) is 1. The van der Waals surface area contributed by atoms with Crippen LogP contribution in [0.25, 0.3) is 11.2 Å². The largest absolute Gasteiger partial charge is 0.469 e. The molecule has 0 aromatic carbocycles. The van der Waals surface area contributed by atoms with Crippen LogP contribution in [0.1, 0.15) is 6.23 Å². The molecule has 1 unspecified atom stereocenters. The molecule has 0 radical (unpaired) electrons. The number of phosphoric ester groups is 1. The number of aliphatic hydroxyl groups is 2. The summed E-state index contributed by atoms with van der Waals surface area (Å²) >= 11 is 0. The third-order valence-electron chi connectivity index (χ3n) is 3.44. The number of imidazole rings is 1. The van der Waals surface area contributed by atoms with Gasteiger partial charge in [-0.2, -0.15) is 14.4 Å². The molecule has 1 aliphatic rings. The second-order valence-electron chi connectivity index (χ2n) is 5.03. The van der Waals surface area contributed by atoms with Gasteiger partial charge in [-0.1, -0.05) is 0 Å². The molecule has 12 nitrogen and oxygen atoms in total. The molecule has 1 fully saturated rings. The Balaban J connectivity index is 1.89. The standard InChI is InChI=1S/C10H13FN5O7P/c11-10-14-7(12)4-8(15-10)16(2-13-4)9-6(18)5(17)3(23-9)1-22-24(19,20)21/h2-3,5-6,9,17-18H,1H2,(H2,12,14,15)(H2,19,20,21)/t3-,5?,6-,9-/m1/s1. The van der Waals surface area contributed by atoms with Crippen molar-refractivity contribution in [3.63, 3.8) is 0 Å². The summed E-state index contributed by atoms with van der Waals surface area (Å²) < 4.78 is 34.8. The van der Waals surface area contributed by atoms with Crippen LogP contribution >= 0.6 is 7.82 Å². The lowest BCUT2D eigenvalue weighted by Crippen LogP contribution is -2.33. The minimum absolute atomic E-state index is 0.0663. The lowest BCUT2D eigenvalue weighted by molar-refractivity contribution is -0.0504. The zero-order valence-electron chi connectivity index (χ0n) is 11.8. The van der Waals surface area contributed by atoms with Crippen LogP contribution in [0.3, 0.4) is 0 Å². The fraction of sp³-hybridized carbons (Fsp3) is 0.500. The van der Waals surface area contributed by atoms with Crippen LogP contribution in [0, 0.1) is 6.08 Å². The van der Waals surface area contributed by atoms with E-state index in [1.165, 1.54) is 0 Å². The fourth-order valence-electron chi connectivity index (χ4n) is 2.36. The van der Waals surface area contributed by atoms with E-state index in [1.807, 2.05) is 0 Å². The minimum Gasteiger partial charge on any atom is -0.387 e. The van der Waals surface area contributed by atoms with Crippen LogP contribution in [-0.4, -0.2) is 64.4 Å². The minimum atomic E-state index is -4.78. The topological polar surface area (TPSA) is 186 Å². The van der Waals surface area contributed by atoms with Crippen molar-refractivity contribution in [3.05, 3.63) is 12.4 Å². The molecule has 0 bridgehead atoms. The first-order valence-corrected chi connectivity index (χ1v) is 8.07. The lowest BCUT2D eigenvalue weighted by Gasteiger charge is -2.16. The summed E-state index contributed by atoms with van der Waals surface area (Å²) in [4.78, 5) is 28.1. The summed E-state index contributed by atoms with van der Waals surface area (Å²) in [5.41, 5.74) is 5.52. The van der Waals surface area contributed by atoms with Crippen LogP contribution in [0.15, 0.2) is 6.33 Å². The summed E-state index contributed by atoms with van der Waals surface area (Å²) in [5, 5.41) is 20.0. The molecule has 1 aliphatic heterocycles. The monoisotopic (exact) mass is 365 g/mol. The van der Waals surface area contributed by atoms with Crippen molar-refractivity contribution in [2.24, 2.45) is 0 Å². The Morgan fingerprint density at radius 3 is 2.75 bits per heavy atom. The van der Waals surface area contributed by atoms with Crippen molar-refractivity contribution >= 4 is 24.8 Å². The first kappa shape index (κ1) is 17.1. The van der Waals surface area contributed by atoms with Gasteiger partial charge in [0.25, 0.3) is 0 Å². The zero-order valence-corrected chi connectivity index (χ0v) is 12.7. The quantitative estimate of drug-likeness (QED) is 0.306. The highest BCUT2D eigenvalue weighted by Crippen LogP contribution is 2.38. The molecular formula is C10H13FN5O7P. The first-order chi connectivity index (χ1) is 11.2. The SMILES string of the molecule is Nc1nc(F)nc2c1ncn2[C@@H]1O[C@H](COP(=O)(O)O)C(O)[C@H]1O. The number of hydrogen-bond donors (Lipinski definition) is 5. The zero-order chi connectivity index (χ0) is 17.6. The highest BCUT2D eigenvalue weighted by molar-refractivity contribution is 7.46. The van der Waals surface area contributed by atoms with Crippen molar-refractivity contribution in [1.29, 1.82) is 0 Å². The summed E-state index contributed by atoms with van der Waals surface area (Å²) in [7, 11) is -4.78. The molecule has 2 aromatic heterocycles. The maximum atomic E-state index is 13.3. The van der Waals surface area contributed by atoms with Crippen molar-refractivity contribution in [1.82, 2.24) is 19.5 Å². The number of fused-ring (bicyclic) bond motifs is 1. The molecule has 3 heterocycles. The van der Waals surface area contributed by atoms with Gasteiger partial charge in [0.05, 0.1) is 12.9 Å².